The number of anilines is 2. The van der Waals surface area contributed by atoms with Crippen molar-refractivity contribution in [1.29, 1.82) is 0 Å². The quantitative estimate of drug-likeness (QED) is 0.731. The molecule has 0 aliphatic rings. The number of ether oxygens (including phenoxy) is 1. The number of hydrogen-bond acceptors (Lipinski definition) is 4. The molecule has 2 aromatic rings. The maximum atomic E-state index is 11.0. The number of nitrogens with two attached hydrogens (primary N) is 1. The molecule has 6 nitrogen and oxygen atoms in total. The van der Waals surface area contributed by atoms with Crippen molar-refractivity contribution in [3.63, 3.8) is 0 Å². The molecule has 0 atom stereocenters. The normalized spacial score (nSPS) is 10.2. The highest BCUT2D eigenvalue weighted by atomic mass is 16.5. The number of fused-ring (bicyclic) bond motifs is 1. The third kappa shape index (κ3) is 1.56. The van der Waals surface area contributed by atoms with Gasteiger partial charge >= 0.3 is 6.09 Å². The van der Waals surface area contributed by atoms with Gasteiger partial charge in [-0.2, -0.15) is 0 Å². The molecule has 1 amide bonds. The molecule has 0 fully saturated rings. The molecule has 0 saturated carbocycles. The van der Waals surface area contributed by atoms with E-state index in [-0.39, 0.29) is 0 Å². The van der Waals surface area contributed by atoms with Gasteiger partial charge in [-0.05, 0) is 12.1 Å². The van der Waals surface area contributed by atoms with Crippen LogP contribution in [0.25, 0.3) is 5.65 Å². The first-order valence-electron chi connectivity index (χ1n) is 4.29. The van der Waals surface area contributed by atoms with Crippen LogP contribution < -0.4 is 11.1 Å². The van der Waals surface area contributed by atoms with E-state index < -0.39 is 6.09 Å². The van der Waals surface area contributed by atoms with Crippen molar-refractivity contribution in [3.05, 3.63) is 24.5 Å². The summed E-state index contributed by atoms with van der Waals surface area (Å²) in [5.74, 6) is 0.518. The molecular formula is C9H10N4O2. The third-order valence-electron chi connectivity index (χ3n) is 1.98. The van der Waals surface area contributed by atoms with Gasteiger partial charge in [0.15, 0.2) is 5.65 Å². The van der Waals surface area contributed by atoms with E-state index in [1.165, 1.54) is 13.3 Å². The zero-order valence-corrected chi connectivity index (χ0v) is 8.10. The Morgan fingerprint density at radius 2 is 2.47 bits per heavy atom. The van der Waals surface area contributed by atoms with E-state index in [9.17, 15) is 4.79 Å². The molecule has 0 radical (unpaired) electrons. The molecule has 2 aromatic heterocycles. The molecule has 0 spiro atoms. The zero-order chi connectivity index (χ0) is 10.8. The van der Waals surface area contributed by atoms with Crippen molar-refractivity contribution in [1.82, 2.24) is 9.38 Å². The number of methoxy groups -OCH3 is 1. The molecule has 0 aliphatic carbocycles. The Kier molecular flexibility index (Phi) is 2.17. The summed E-state index contributed by atoms with van der Waals surface area (Å²) >= 11 is 0. The predicted molar refractivity (Wildman–Crippen MR) is 55.6 cm³/mol. The lowest BCUT2D eigenvalue weighted by atomic mass is 10.4. The number of pyridine rings is 1. The van der Waals surface area contributed by atoms with Gasteiger partial charge < -0.3 is 10.5 Å². The average Bonchev–Trinajstić information content (AvgIpc) is 2.63. The van der Waals surface area contributed by atoms with Crippen molar-refractivity contribution in [2.45, 2.75) is 0 Å². The highest BCUT2D eigenvalue weighted by Crippen LogP contribution is 2.16. The second-order valence-corrected chi connectivity index (χ2v) is 2.92. The minimum Gasteiger partial charge on any atom is -0.453 e. The standard InChI is InChI=1S/C9H10N4O2/c1-15-9(14)12-7-5-11-8-6(10)3-2-4-13(7)8/h2-5H,10H2,1H3,(H,12,14). The number of nitrogens with one attached hydrogen (secondary N) is 1. The van der Waals surface area contributed by atoms with Crippen molar-refractivity contribution in [2.75, 3.05) is 18.2 Å². The van der Waals surface area contributed by atoms with Crippen LogP contribution in [0.1, 0.15) is 0 Å². The molecule has 15 heavy (non-hydrogen) atoms. The summed E-state index contributed by atoms with van der Waals surface area (Å²) < 4.78 is 6.15. The van der Waals surface area contributed by atoms with Crippen LogP contribution in [-0.4, -0.2) is 22.6 Å². The molecule has 2 rings (SSSR count). The van der Waals surface area contributed by atoms with E-state index in [0.717, 1.165) is 0 Å². The van der Waals surface area contributed by atoms with E-state index in [0.29, 0.717) is 17.2 Å². The number of hydrogen-bond donors (Lipinski definition) is 2. The fourth-order valence-corrected chi connectivity index (χ4v) is 1.28. The van der Waals surface area contributed by atoms with Gasteiger partial charge in [-0.25, -0.2) is 9.78 Å². The minimum absolute atomic E-state index is 0.518. The molecule has 0 aliphatic heterocycles. The monoisotopic (exact) mass is 206 g/mol. The van der Waals surface area contributed by atoms with E-state index in [2.05, 4.69) is 15.0 Å². The zero-order valence-electron chi connectivity index (χ0n) is 8.10. The Bertz CT molecular complexity index is 506. The number of amides is 1. The van der Waals surface area contributed by atoms with Gasteiger partial charge in [0.1, 0.15) is 5.82 Å². The molecule has 0 saturated heterocycles. The van der Waals surface area contributed by atoms with Crippen LogP contribution in [0.4, 0.5) is 16.3 Å². The minimum atomic E-state index is -0.542. The van der Waals surface area contributed by atoms with E-state index >= 15 is 0 Å². The Hall–Kier alpha value is -2.24. The number of nitrogens with zero attached hydrogens (tertiary/aromatic N) is 2. The Balaban J connectivity index is 2.45. The molecule has 2 heterocycles. The van der Waals surface area contributed by atoms with Crippen LogP contribution in [0.3, 0.4) is 0 Å². The number of aromatic nitrogens is 2. The highest BCUT2D eigenvalue weighted by molar-refractivity contribution is 5.84. The SMILES string of the molecule is COC(=O)Nc1cnc2c(N)cccn12. The molecule has 0 unspecified atom stereocenters. The topological polar surface area (TPSA) is 81.6 Å². The van der Waals surface area contributed by atoms with Crippen molar-refractivity contribution >= 4 is 23.2 Å². The van der Waals surface area contributed by atoms with Crippen molar-refractivity contribution < 1.29 is 9.53 Å². The van der Waals surface area contributed by atoms with Crippen LogP contribution in [0.2, 0.25) is 0 Å². The maximum absolute atomic E-state index is 11.0. The highest BCUT2D eigenvalue weighted by Gasteiger charge is 2.07. The first-order chi connectivity index (χ1) is 7.22. The van der Waals surface area contributed by atoms with Crippen LogP contribution in [0.15, 0.2) is 24.5 Å². The fourth-order valence-electron chi connectivity index (χ4n) is 1.28. The summed E-state index contributed by atoms with van der Waals surface area (Å²) in [6.45, 7) is 0. The maximum Gasteiger partial charge on any atom is 0.412 e. The van der Waals surface area contributed by atoms with Crippen LogP contribution in [0.5, 0.6) is 0 Å². The predicted octanol–water partition coefficient (Wildman–Crippen LogP) is 1.09. The lowest BCUT2D eigenvalue weighted by Crippen LogP contribution is -2.12. The van der Waals surface area contributed by atoms with Gasteiger partial charge in [-0.3, -0.25) is 9.72 Å². The van der Waals surface area contributed by atoms with Crippen molar-refractivity contribution in [3.8, 4) is 0 Å². The molecular weight excluding hydrogens is 196 g/mol. The lowest BCUT2D eigenvalue weighted by Gasteiger charge is -2.03. The van der Waals surface area contributed by atoms with E-state index in [1.807, 2.05) is 0 Å². The van der Waals surface area contributed by atoms with Gasteiger partial charge in [0.25, 0.3) is 0 Å². The summed E-state index contributed by atoms with van der Waals surface area (Å²) in [4.78, 5) is 15.1. The summed E-state index contributed by atoms with van der Waals surface area (Å²) in [6, 6.07) is 3.51. The fraction of sp³-hybridized carbons (Fsp3) is 0.111. The average molecular weight is 206 g/mol. The van der Waals surface area contributed by atoms with Gasteiger partial charge in [0.2, 0.25) is 0 Å². The summed E-state index contributed by atoms with van der Waals surface area (Å²) in [5.41, 5.74) is 6.86. The van der Waals surface area contributed by atoms with Crippen molar-refractivity contribution in [2.24, 2.45) is 0 Å². The number of nitrogen functional groups attached to an aromatic ring is 1. The second kappa shape index (κ2) is 3.49. The molecule has 3 N–H and O–H groups in total. The van der Waals surface area contributed by atoms with Gasteiger partial charge in [-0.15, -0.1) is 0 Å². The summed E-state index contributed by atoms with van der Waals surface area (Å²) in [6.07, 6.45) is 2.73. The number of rotatable bonds is 1. The third-order valence-corrected chi connectivity index (χ3v) is 1.98. The smallest absolute Gasteiger partial charge is 0.412 e. The Morgan fingerprint density at radius 3 is 3.20 bits per heavy atom. The number of imidazole rings is 1. The lowest BCUT2D eigenvalue weighted by molar-refractivity contribution is 0.187. The molecule has 0 aromatic carbocycles. The van der Waals surface area contributed by atoms with Gasteiger partial charge in [0, 0.05) is 6.20 Å². The molecule has 0 bridgehead atoms. The summed E-state index contributed by atoms with van der Waals surface area (Å²) in [5, 5.41) is 2.53. The van der Waals surface area contributed by atoms with Crippen LogP contribution in [-0.2, 0) is 4.74 Å². The first-order valence-corrected chi connectivity index (χ1v) is 4.29. The molecule has 78 valence electrons. The van der Waals surface area contributed by atoms with Crippen LogP contribution >= 0.6 is 0 Å². The Labute approximate surface area is 85.7 Å². The Morgan fingerprint density at radius 1 is 1.67 bits per heavy atom. The largest absolute Gasteiger partial charge is 0.453 e. The van der Waals surface area contributed by atoms with E-state index in [4.69, 9.17) is 5.73 Å². The number of carbonyl (C=O) groups is 1. The van der Waals surface area contributed by atoms with Gasteiger partial charge in [-0.1, -0.05) is 0 Å². The van der Waals surface area contributed by atoms with Crippen LogP contribution in [0, 0.1) is 0 Å². The molecule has 6 heteroatoms. The second-order valence-electron chi connectivity index (χ2n) is 2.92. The summed E-state index contributed by atoms with van der Waals surface area (Å²) in [7, 11) is 1.30. The van der Waals surface area contributed by atoms with Gasteiger partial charge in [0.05, 0.1) is 19.0 Å². The number of carbonyl (C=O) groups excluding carboxylic acids is 1. The first kappa shape index (κ1) is 9.32. The van der Waals surface area contributed by atoms with E-state index in [1.54, 1.807) is 22.7 Å².